The molecule has 56 heavy (non-hydrogen) atoms. The van der Waals surface area contributed by atoms with Gasteiger partial charge in [0.2, 0.25) is 5.71 Å². The maximum Gasteiger partial charge on any atom is 0.246 e. The molecule has 0 atom stereocenters. The molecule has 0 spiro atoms. The molecule has 260 valence electrons. The van der Waals surface area contributed by atoms with Crippen LogP contribution in [0.25, 0.3) is 116 Å². The third-order valence-electron chi connectivity index (χ3n) is 11.3. The Labute approximate surface area is 320 Å². The van der Waals surface area contributed by atoms with E-state index in [2.05, 4.69) is 162 Å². The van der Waals surface area contributed by atoms with E-state index in [0.717, 1.165) is 61.0 Å². The molecule has 0 saturated carbocycles. The molecule has 0 bridgehead atoms. The van der Waals surface area contributed by atoms with Crippen molar-refractivity contribution in [3.63, 3.8) is 0 Å². The molecule has 0 N–H and O–H groups in total. The zero-order valence-corrected chi connectivity index (χ0v) is 30.0. The van der Waals surface area contributed by atoms with Crippen LogP contribution < -0.4 is 0 Å². The lowest BCUT2D eigenvalue weighted by atomic mass is 9.97. The van der Waals surface area contributed by atoms with Crippen LogP contribution in [0.3, 0.4) is 0 Å². The van der Waals surface area contributed by atoms with Gasteiger partial charge in [0.25, 0.3) is 0 Å². The Kier molecular flexibility index (Phi) is 6.56. The molecule has 4 heterocycles. The molecule has 4 aromatic heterocycles. The van der Waals surface area contributed by atoms with Crippen LogP contribution in [0.2, 0.25) is 0 Å². The van der Waals surface area contributed by atoms with Gasteiger partial charge in [0.1, 0.15) is 22.5 Å². The Balaban J connectivity index is 1.09. The fourth-order valence-electron chi connectivity index (χ4n) is 8.70. The van der Waals surface area contributed by atoms with E-state index in [1.807, 2.05) is 24.4 Å². The molecular formula is C51H30N4O. The molecule has 0 amide bonds. The van der Waals surface area contributed by atoms with Gasteiger partial charge < -0.3 is 8.98 Å². The summed E-state index contributed by atoms with van der Waals surface area (Å²) in [7, 11) is 0. The molecule has 0 radical (unpaired) electrons. The number of hydrogen-bond acceptors (Lipinski definition) is 4. The molecule has 0 unspecified atom stereocenters. The fourth-order valence-corrected chi connectivity index (χ4v) is 8.70. The zero-order valence-electron chi connectivity index (χ0n) is 30.0. The third-order valence-corrected chi connectivity index (χ3v) is 11.3. The number of rotatable bonds is 4. The van der Waals surface area contributed by atoms with Crippen LogP contribution >= 0.6 is 0 Å². The highest BCUT2D eigenvalue weighted by molar-refractivity contribution is 6.15. The lowest BCUT2D eigenvalue weighted by molar-refractivity contribution is 0.654. The molecule has 12 rings (SSSR count). The topological polar surface area (TPSA) is 56.7 Å². The average molecular weight is 715 g/mol. The molecule has 12 aromatic rings. The van der Waals surface area contributed by atoms with Gasteiger partial charge in [-0.1, -0.05) is 127 Å². The minimum atomic E-state index is 0.493. The number of aromatic nitrogens is 4. The smallest absolute Gasteiger partial charge is 0.246 e. The predicted octanol–water partition coefficient (Wildman–Crippen LogP) is 13.3. The number of furan rings is 1. The van der Waals surface area contributed by atoms with Crippen molar-refractivity contribution in [1.29, 1.82) is 0 Å². The summed E-state index contributed by atoms with van der Waals surface area (Å²) in [4.78, 5) is 15.4. The molecule has 0 fully saturated rings. The SMILES string of the molecule is c1ccc(-c2nc3c(nc2-c2cccc4c(-n5c6ccccc6c6cc7ccccc7cc65)cccc24)oc2cc(-c4cccc5ccccc45)ccc23)nc1. The Morgan fingerprint density at radius 2 is 1.14 bits per heavy atom. The van der Waals surface area contributed by atoms with Crippen molar-refractivity contribution in [2.24, 2.45) is 0 Å². The molecule has 0 aliphatic rings. The quantitative estimate of drug-likeness (QED) is 0.182. The Bertz CT molecular complexity index is 3540. The van der Waals surface area contributed by atoms with E-state index in [1.165, 1.54) is 37.8 Å². The van der Waals surface area contributed by atoms with E-state index in [9.17, 15) is 0 Å². The Morgan fingerprint density at radius 1 is 0.429 bits per heavy atom. The number of hydrogen-bond donors (Lipinski definition) is 0. The van der Waals surface area contributed by atoms with Crippen molar-refractivity contribution in [3.05, 3.63) is 182 Å². The second-order valence-corrected chi connectivity index (χ2v) is 14.4. The van der Waals surface area contributed by atoms with Crippen LogP contribution in [0.4, 0.5) is 0 Å². The van der Waals surface area contributed by atoms with E-state index in [0.29, 0.717) is 16.9 Å². The molecule has 5 nitrogen and oxygen atoms in total. The van der Waals surface area contributed by atoms with E-state index in [1.54, 1.807) is 0 Å². The van der Waals surface area contributed by atoms with Gasteiger partial charge in [-0.05, 0) is 86.6 Å². The van der Waals surface area contributed by atoms with Crippen molar-refractivity contribution in [3.8, 4) is 39.5 Å². The summed E-state index contributed by atoms with van der Waals surface area (Å²) in [6, 6.07) is 62.1. The van der Waals surface area contributed by atoms with Gasteiger partial charge in [0, 0.05) is 33.3 Å². The van der Waals surface area contributed by atoms with Gasteiger partial charge >= 0.3 is 0 Å². The highest BCUT2D eigenvalue weighted by atomic mass is 16.3. The number of nitrogens with zero attached hydrogens (tertiary/aromatic N) is 4. The van der Waals surface area contributed by atoms with Crippen LogP contribution in [-0.4, -0.2) is 19.5 Å². The lowest BCUT2D eigenvalue weighted by Gasteiger charge is -2.15. The van der Waals surface area contributed by atoms with Gasteiger partial charge in [0.15, 0.2) is 0 Å². The lowest BCUT2D eigenvalue weighted by Crippen LogP contribution is -1.98. The Morgan fingerprint density at radius 3 is 2.04 bits per heavy atom. The number of fused-ring (bicyclic) bond motifs is 9. The van der Waals surface area contributed by atoms with Gasteiger partial charge in [0.05, 0.1) is 22.4 Å². The van der Waals surface area contributed by atoms with Crippen molar-refractivity contribution >= 4 is 76.3 Å². The molecule has 0 aliphatic heterocycles. The normalized spacial score (nSPS) is 11.9. The summed E-state index contributed by atoms with van der Waals surface area (Å²) >= 11 is 0. The highest BCUT2D eigenvalue weighted by Gasteiger charge is 2.22. The fraction of sp³-hybridized carbons (Fsp3) is 0. The molecule has 0 aliphatic carbocycles. The van der Waals surface area contributed by atoms with Crippen molar-refractivity contribution in [2.75, 3.05) is 0 Å². The molecule has 5 heteroatoms. The second kappa shape index (κ2) is 11.9. The van der Waals surface area contributed by atoms with E-state index in [-0.39, 0.29) is 0 Å². The summed E-state index contributed by atoms with van der Waals surface area (Å²) in [5, 5.41) is 10.4. The standard InChI is InChI=1S/C51H30N4O/c1-2-14-33-29-46-42(28-32(33)13-1)39-17-5-6-23-44(39)55(46)45-24-11-19-37-38(45)20-10-21-40(37)48-50(43-22-7-8-27-52-43)53-49-41-26-25-34(30-47(41)56-51(49)54-48)36-18-9-15-31-12-3-4-16-35(31)36/h1-30H. The number of benzene rings is 8. The van der Waals surface area contributed by atoms with Crippen molar-refractivity contribution in [1.82, 2.24) is 19.5 Å². The summed E-state index contributed by atoms with van der Waals surface area (Å²) in [6.45, 7) is 0. The van der Waals surface area contributed by atoms with Crippen LogP contribution in [-0.2, 0) is 0 Å². The average Bonchev–Trinajstić information content (AvgIpc) is 3.78. The van der Waals surface area contributed by atoms with Crippen molar-refractivity contribution < 1.29 is 4.42 Å². The maximum absolute atomic E-state index is 6.61. The van der Waals surface area contributed by atoms with E-state index < -0.39 is 0 Å². The maximum atomic E-state index is 6.61. The summed E-state index contributed by atoms with van der Waals surface area (Å²) in [5.41, 5.74) is 10.8. The van der Waals surface area contributed by atoms with Gasteiger partial charge in [-0.25, -0.2) is 9.97 Å². The number of pyridine rings is 1. The monoisotopic (exact) mass is 714 g/mol. The second-order valence-electron chi connectivity index (χ2n) is 14.4. The Hall–Kier alpha value is -7.63. The largest absolute Gasteiger partial charge is 0.436 e. The van der Waals surface area contributed by atoms with Gasteiger partial charge in [-0.3, -0.25) is 4.98 Å². The first-order valence-electron chi connectivity index (χ1n) is 18.9. The molecular weight excluding hydrogens is 685 g/mol. The van der Waals surface area contributed by atoms with E-state index >= 15 is 0 Å². The minimum Gasteiger partial charge on any atom is -0.436 e. The van der Waals surface area contributed by atoms with Crippen LogP contribution in [0.15, 0.2) is 187 Å². The molecule has 8 aromatic carbocycles. The van der Waals surface area contributed by atoms with E-state index in [4.69, 9.17) is 19.4 Å². The number of para-hydroxylation sites is 1. The first-order valence-corrected chi connectivity index (χ1v) is 18.9. The summed E-state index contributed by atoms with van der Waals surface area (Å²) in [6.07, 6.45) is 1.81. The third kappa shape index (κ3) is 4.58. The van der Waals surface area contributed by atoms with Gasteiger partial charge in [-0.2, -0.15) is 0 Å². The van der Waals surface area contributed by atoms with Crippen LogP contribution in [0.1, 0.15) is 0 Å². The highest BCUT2D eigenvalue weighted by Crippen LogP contribution is 2.42. The molecule has 0 saturated heterocycles. The van der Waals surface area contributed by atoms with Gasteiger partial charge in [-0.15, -0.1) is 0 Å². The summed E-state index contributed by atoms with van der Waals surface area (Å²) < 4.78 is 9.02. The zero-order chi connectivity index (χ0) is 36.7. The first kappa shape index (κ1) is 30.8. The van der Waals surface area contributed by atoms with Crippen molar-refractivity contribution in [2.45, 2.75) is 0 Å². The van der Waals surface area contributed by atoms with Crippen LogP contribution in [0, 0.1) is 0 Å². The van der Waals surface area contributed by atoms with Crippen LogP contribution in [0.5, 0.6) is 0 Å². The summed E-state index contributed by atoms with van der Waals surface area (Å²) in [5.74, 6) is 0. The first-order chi connectivity index (χ1) is 27.8. The predicted molar refractivity (Wildman–Crippen MR) is 230 cm³/mol. The minimum absolute atomic E-state index is 0.493.